The van der Waals surface area contributed by atoms with Gasteiger partial charge in [0.1, 0.15) is 0 Å². The van der Waals surface area contributed by atoms with E-state index in [9.17, 15) is 14.9 Å². The standard InChI is InChI=1S/C5H4N2O3S/c6-5(8)3-1-2-4(11-3)7(9)10/h1-2H,(H2,6,8)/i7+1. The van der Waals surface area contributed by atoms with Gasteiger partial charge in [-0.2, -0.15) is 0 Å². The second-order valence-corrected chi connectivity index (χ2v) is 2.82. The van der Waals surface area contributed by atoms with E-state index in [-0.39, 0.29) is 9.88 Å². The fourth-order valence-corrected chi connectivity index (χ4v) is 1.23. The molecule has 5 nitrogen and oxygen atoms in total. The van der Waals surface area contributed by atoms with Crippen molar-refractivity contribution in [3.05, 3.63) is 27.1 Å². The molecule has 1 heterocycles. The topological polar surface area (TPSA) is 86.2 Å². The summed E-state index contributed by atoms with van der Waals surface area (Å²) in [6.07, 6.45) is 0. The largest absolute Gasteiger partial charge is 0.365 e. The number of nitrogens with two attached hydrogens (primary N) is 1. The van der Waals surface area contributed by atoms with Gasteiger partial charge in [0.15, 0.2) is 0 Å². The third kappa shape index (κ3) is 1.53. The highest BCUT2D eigenvalue weighted by atomic mass is 32.1. The maximum absolute atomic E-state index is 10.4. The first-order valence-electron chi connectivity index (χ1n) is 2.65. The van der Waals surface area contributed by atoms with Crippen molar-refractivity contribution in [2.75, 3.05) is 0 Å². The predicted octanol–water partition coefficient (Wildman–Crippen LogP) is 0.755. The Balaban J connectivity index is 2.99. The van der Waals surface area contributed by atoms with E-state index in [1.807, 2.05) is 0 Å². The number of hydrogen-bond acceptors (Lipinski definition) is 4. The third-order valence-corrected chi connectivity index (χ3v) is 2.07. The number of nitrogens with zero attached hydrogens (tertiary/aromatic N) is 1. The van der Waals surface area contributed by atoms with Crippen LogP contribution in [-0.4, -0.2) is 10.8 Å². The van der Waals surface area contributed by atoms with Crippen molar-refractivity contribution in [1.29, 1.82) is 0 Å². The number of thiophene rings is 1. The van der Waals surface area contributed by atoms with E-state index in [0.717, 1.165) is 11.3 Å². The highest BCUT2D eigenvalue weighted by Crippen LogP contribution is 2.22. The molecular weight excluding hydrogens is 169 g/mol. The molecule has 0 radical (unpaired) electrons. The zero-order valence-electron chi connectivity index (χ0n) is 5.31. The monoisotopic (exact) mass is 173 g/mol. The highest BCUT2D eigenvalue weighted by molar-refractivity contribution is 7.17. The van der Waals surface area contributed by atoms with Gasteiger partial charge in [-0.05, 0) is 6.07 Å². The zero-order chi connectivity index (χ0) is 8.43. The lowest BCUT2D eigenvalue weighted by molar-refractivity contribution is -0.380. The normalized spacial score (nSPS) is 9.45. The van der Waals surface area contributed by atoms with Gasteiger partial charge in [0, 0.05) is 6.07 Å². The van der Waals surface area contributed by atoms with Crippen LogP contribution in [0.3, 0.4) is 0 Å². The van der Waals surface area contributed by atoms with Crippen LogP contribution in [0.25, 0.3) is 0 Å². The van der Waals surface area contributed by atoms with E-state index in [1.54, 1.807) is 0 Å². The number of carbonyl (C=O) groups is 1. The Labute approximate surface area is 65.6 Å². The molecule has 6 heteroatoms. The first kappa shape index (κ1) is 7.67. The second-order valence-electron chi connectivity index (χ2n) is 1.76. The van der Waals surface area contributed by atoms with E-state index in [1.165, 1.54) is 12.1 Å². The van der Waals surface area contributed by atoms with Gasteiger partial charge in [0.05, 0.1) is 9.80 Å². The fraction of sp³-hybridized carbons (Fsp3) is 0. The molecule has 0 saturated heterocycles. The van der Waals surface area contributed by atoms with Gasteiger partial charge in [-0.25, -0.2) is 0 Å². The van der Waals surface area contributed by atoms with Crippen molar-refractivity contribution in [1.82, 2.24) is 0 Å². The summed E-state index contributed by atoms with van der Waals surface area (Å²) < 4.78 is 0. The van der Waals surface area contributed by atoms with Gasteiger partial charge in [-0.15, -0.1) is 0 Å². The maximum Gasteiger partial charge on any atom is 0.324 e. The molecule has 0 atom stereocenters. The average Bonchev–Trinajstić information content (AvgIpc) is 2.33. The van der Waals surface area contributed by atoms with Crippen LogP contribution in [0.1, 0.15) is 9.67 Å². The van der Waals surface area contributed by atoms with Crippen LogP contribution in [0.4, 0.5) is 5.00 Å². The number of carbonyl (C=O) groups excluding carboxylic acids is 1. The molecule has 2 N–H and O–H groups in total. The van der Waals surface area contributed by atoms with Crippen molar-refractivity contribution in [2.24, 2.45) is 5.73 Å². The minimum absolute atomic E-state index is 0.0706. The average molecular weight is 173 g/mol. The second kappa shape index (κ2) is 2.67. The van der Waals surface area contributed by atoms with Gasteiger partial charge >= 0.3 is 5.00 Å². The first-order valence-corrected chi connectivity index (χ1v) is 3.47. The van der Waals surface area contributed by atoms with Crippen LogP contribution in [0.5, 0.6) is 0 Å². The van der Waals surface area contributed by atoms with Crippen LogP contribution in [-0.2, 0) is 0 Å². The number of primary amides is 1. The molecule has 0 saturated carbocycles. The van der Waals surface area contributed by atoms with Crippen LogP contribution in [0.2, 0.25) is 0 Å². The number of rotatable bonds is 2. The minimum Gasteiger partial charge on any atom is -0.365 e. The number of amides is 1. The Kier molecular flexibility index (Phi) is 1.86. The lowest BCUT2D eigenvalue weighted by atomic mass is 10.4. The molecule has 1 aromatic rings. The van der Waals surface area contributed by atoms with E-state index >= 15 is 0 Å². The van der Waals surface area contributed by atoms with E-state index in [4.69, 9.17) is 5.73 Å². The first-order chi connectivity index (χ1) is 5.11. The summed E-state index contributed by atoms with van der Waals surface area (Å²) in [6, 6.07) is 2.59. The van der Waals surface area contributed by atoms with Gasteiger partial charge in [0.25, 0.3) is 5.91 Å². The molecule has 0 unspecified atom stereocenters. The molecule has 1 rings (SSSR count). The van der Waals surface area contributed by atoms with Gasteiger partial charge in [0.2, 0.25) is 0 Å². The lowest BCUT2D eigenvalue weighted by Gasteiger charge is -1.82. The number of nitro groups is 1. The van der Waals surface area contributed by atoms with E-state index in [2.05, 4.69) is 0 Å². The van der Waals surface area contributed by atoms with Crippen molar-refractivity contribution >= 4 is 22.2 Å². The molecule has 58 valence electrons. The Morgan fingerprint density at radius 2 is 2.27 bits per heavy atom. The summed E-state index contributed by atoms with van der Waals surface area (Å²) in [4.78, 5) is 20.2. The molecule has 0 spiro atoms. The molecule has 0 bridgehead atoms. The Bertz CT molecular complexity index is 278. The fourth-order valence-electron chi connectivity index (χ4n) is 0.558. The van der Waals surface area contributed by atoms with Crippen LogP contribution in [0, 0.1) is 10.1 Å². The van der Waals surface area contributed by atoms with E-state index < -0.39 is 10.8 Å². The summed E-state index contributed by atoms with van der Waals surface area (Å²) in [6.45, 7) is 0. The minimum atomic E-state index is -0.636. The van der Waals surface area contributed by atoms with E-state index in [0.29, 0.717) is 0 Å². The highest BCUT2D eigenvalue weighted by Gasteiger charge is 2.11. The maximum atomic E-state index is 10.4. The number of hydrogen-bond donors (Lipinski definition) is 1. The van der Waals surface area contributed by atoms with Gasteiger partial charge in [-0.1, -0.05) is 11.3 Å². The molecule has 0 fully saturated rings. The molecular formula is C5H4N2O3S. The summed E-state index contributed by atoms with van der Waals surface area (Å²) in [5, 5.41) is 10.0. The molecule has 0 aromatic carbocycles. The summed E-state index contributed by atoms with van der Waals surface area (Å²) in [5.74, 6) is -0.636. The summed E-state index contributed by atoms with van der Waals surface area (Å²) in [5.41, 5.74) is 4.88. The van der Waals surface area contributed by atoms with Crippen LogP contribution >= 0.6 is 11.3 Å². The summed E-state index contributed by atoms with van der Waals surface area (Å²) in [7, 11) is 0. The molecule has 1 aromatic heterocycles. The van der Waals surface area contributed by atoms with Crippen LogP contribution in [0.15, 0.2) is 12.1 Å². The molecule has 0 aliphatic rings. The third-order valence-electron chi connectivity index (χ3n) is 1.01. The van der Waals surface area contributed by atoms with Crippen molar-refractivity contribution in [3.8, 4) is 0 Å². The van der Waals surface area contributed by atoms with Crippen molar-refractivity contribution in [3.63, 3.8) is 0 Å². The molecule has 1 amide bonds. The van der Waals surface area contributed by atoms with Gasteiger partial charge < -0.3 is 5.73 Å². The van der Waals surface area contributed by atoms with Gasteiger partial charge in [-0.3, -0.25) is 14.9 Å². The molecule has 0 aliphatic carbocycles. The quantitative estimate of drug-likeness (QED) is 0.406. The SMILES string of the molecule is NC(=O)c1ccc([15N+](=O)[O-])s1. The zero-order valence-corrected chi connectivity index (χ0v) is 6.13. The van der Waals surface area contributed by atoms with Crippen molar-refractivity contribution < 1.29 is 9.72 Å². The smallest absolute Gasteiger partial charge is 0.324 e. The van der Waals surface area contributed by atoms with Crippen LogP contribution < -0.4 is 5.73 Å². The lowest BCUT2D eigenvalue weighted by Crippen LogP contribution is -2.07. The summed E-state index contributed by atoms with van der Waals surface area (Å²) >= 11 is 0.775. The predicted molar refractivity (Wildman–Crippen MR) is 39.5 cm³/mol. The Morgan fingerprint density at radius 3 is 2.55 bits per heavy atom. The van der Waals surface area contributed by atoms with Crippen molar-refractivity contribution in [2.45, 2.75) is 0 Å². The molecule has 11 heavy (non-hydrogen) atoms. The molecule has 0 aliphatic heterocycles. The Hall–Kier alpha value is -1.43. The Morgan fingerprint density at radius 1 is 1.64 bits per heavy atom.